The molecule has 0 saturated heterocycles. The third kappa shape index (κ3) is 2.90. The van der Waals surface area contributed by atoms with Gasteiger partial charge in [0.15, 0.2) is 0 Å². The van der Waals surface area contributed by atoms with Gasteiger partial charge in [-0.2, -0.15) is 23.5 Å². The highest BCUT2D eigenvalue weighted by Crippen LogP contribution is 2.38. The van der Waals surface area contributed by atoms with Crippen molar-refractivity contribution in [3.63, 3.8) is 0 Å². The van der Waals surface area contributed by atoms with Crippen LogP contribution in [0.3, 0.4) is 0 Å². The molecule has 2 rings (SSSR count). The Labute approximate surface area is 130 Å². The Morgan fingerprint density at radius 1 is 1.39 bits per heavy atom. The molecule has 0 unspecified atom stereocenters. The normalized spacial score (nSPS) is 11.3. The van der Waals surface area contributed by atoms with Crippen LogP contribution in [0.4, 0.5) is 18.9 Å². The third-order valence-electron chi connectivity index (χ3n) is 3.55. The lowest BCUT2D eigenvalue weighted by molar-refractivity contribution is -0.137. The van der Waals surface area contributed by atoms with Gasteiger partial charge in [-0.15, -0.1) is 0 Å². The first-order chi connectivity index (χ1) is 10.7. The Hall–Kier alpha value is -2.82. The van der Waals surface area contributed by atoms with E-state index in [1.807, 2.05) is 6.07 Å². The Bertz CT molecular complexity index is 812. The molecule has 0 atom stereocenters. The van der Waals surface area contributed by atoms with Gasteiger partial charge in [0, 0.05) is 28.7 Å². The van der Waals surface area contributed by atoms with Crippen LogP contribution >= 0.6 is 0 Å². The summed E-state index contributed by atoms with van der Waals surface area (Å²) in [5.74, 6) is 0. The topological polar surface area (TPSA) is 91.5 Å². The van der Waals surface area contributed by atoms with Crippen LogP contribution in [0.1, 0.15) is 22.5 Å². The van der Waals surface area contributed by atoms with E-state index in [0.717, 1.165) is 18.3 Å². The summed E-state index contributed by atoms with van der Waals surface area (Å²) < 4.78 is 40.6. The lowest BCUT2D eigenvalue weighted by Gasteiger charge is -2.14. The van der Waals surface area contributed by atoms with E-state index < -0.39 is 11.7 Å². The summed E-state index contributed by atoms with van der Waals surface area (Å²) in [5.41, 5.74) is 6.54. The molecule has 0 fully saturated rings. The predicted molar refractivity (Wildman–Crippen MR) is 80.1 cm³/mol. The highest BCUT2D eigenvalue weighted by molar-refractivity contribution is 5.96. The van der Waals surface area contributed by atoms with Crippen LogP contribution in [0.5, 0.6) is 0 Å². The maximum atomic E-state index is 13.0. The lowest BCUT2D eigenvalue weighted by atomic mass is 9.94. The standard InChI is InChI=1S/C15H14F3N5/c1-8-14(9(2)23(22-8)4-3-19)11-5-10(15(16,17)18)6-13(21)12(11)7-20/h5-7,20H,4,21H2,1-2H3. The van der Waals surface area contributed by atoms with Crippen molar-refractivity contribution < 1.29 is 13.2 Å². The SMILES string of the molecule is Cc1nn(CC#N)c(C)c1-c1cc(C(F)(F)F)cc(N)c1C=N. The van der Waals surface area contributed by atoms with Crippen molar-refractivity contribution in [3.8, 4) is 17.2 Å². The number of alkyl halides is 3. The molecular weight excluding hydrogens is 307 g/mol. The monoisotopic (exact) mass is 321 g/mol. The summed E-state index contributed by atoms with van der Waals surface area (Å²) in [6.45, 7) is 3.29. The summed E-state index contributed by atoms with van der Waals surface area (Å²) in [6.07, 6.45) is -3.63. The van der Waals surface area contributed by atoms with Crippen molar-refractivity contribution >= 4 is 11.9 Å². The van der Waals surface area contributed by atoms with Gasteiger partial charge in [0.1, 0.15) is 6.54 Å². The molecular formula is C15H14F3N5. The zero-order chi connectivity index (χ0) is 17.4. The summed E-state index contributed by atoms with van der Waals surface area (Å²) >= 11 is 0. The second-order valence-corrected chi connectivity index (χ2v) is 5.03. The maximum absolute atomic E-state index is 13.0. The quantitative estimate of drug-likeness (QED) is 0.671. The molecule has 0 amide bonds. The molecule has 0 aliphatic heterocycles. The van der Waals surface area contributed by atoms with Crippen LogP contribution in [0.25, 0.3) is 11.1 Å². The molecule has 2 aromatic rings. The van der Waals surface area contributed by atoms with Crippen LogP contribution in [-0.4, -0.2) is 16.0 Å². The minimum atomic E-state index is -4.55. The van der Waals surface area contributed by atoms with Crippen LogP contribution in [0.2, 0.25) is 0 Å². The fraction of sp³-hybridized carbons (Fsp3) is 0.267. The molecule has 8 heteroatoms. The molecule has 0 aliphatic carbocycles. The van der Waals surface area contributed by atoms with Crippen molar-refractivity contribution in [1.82, 2.24) is 9.78 Å². The van der Waals surface area contributed by atoms with Crippen LogP contribution in [-0.2, 0) is 12.7 Å². The van der Waals surface area contributed by atoms with Crippen molar-refractivity contribution in [1.29, 1.82) is 10.7 Å². The fourth-order valence-corrected chi connectivity index (χ4v) is 2.51. The lowest BCUT2D eigenvalue weighted by Crippen LogP contribution is -2.08. The van der Waals surface area contributed by atoms with Gasteiger partial charge < -0.3 is 11.1 Å². The molecule has 1 heterocycles. The van der Waals surface area contributed by atoms with E-state index in [1.54, 1.807) is 13.8 Å². The molecule has 0 spiro atoms. The van der Waals surface area contributed by atoms with Crippen molar-refractivity contribution in [2.75, 3.05) is 5.73 Å². The largest absolute Gasteiger partial charge is 0.416 e. The van der Waals surface area contributed by atoms with Gasteiger partial charge in [0.25, 0.3) is 0 Å². The maximum Gasteiger partial charge on any atom is 0.416 e. The number of aryl methyl sites for hydroxylation is 1. The fourth-order valence-electron chi connectivity index (χ4n) is 2.51. The number of nitrogens with zero attached hydrogens (tertiary/aromatic N) is 3. The first-order valence-corrected chi connectivity index (χ1v) is 6.63. The van der Waals surface area contributed by atoms with E-state index in [1.165, 1.54) is 4.68 Å². The molecule has 23 heavy (non-hydrogen) atoms. The molecule has 5 nitrogen and oxygen atoms in total. The first kappa shape index (κ1) is 16.5. The van der Waals surface area contributed by atoms with Gasteiger partial charge in [-0.05, 0) is 31.5 Å². The molecule has 0 aliphatic rings. The zero-order valence-corrected chi connectivity index (χ0v) is 12.5. The van der Waals surface area contributed by atoms with E-state index in [9.17, 15) is 13.2 Å². The second kappa shape index (κ2) is 5.76. The summed E-state index contributed by atoms with van der Waals surface area (Å²) in [7, 11) is 0. The number of anilines is 1. The number of rotatable bonds is 3. The molecule has 120 valence electrons. The number of aromatic nitrogens is 2. The summed E-state index contributed by atoms with van der Waals surface area (Å²) in [5, 5.41) is 20.4. The Morgan fingerprint density at radius 2 is 2.04 bits per heavy atom. The van der Waals surface area contributed by atoms with Gasteiger partial charge >= 0.3 is 6.18 Å². The number of halogens is 3. The molecule has 3 N–H and O–H groups in total. The minimum Gasteiger partial charge on any atom is -0.398 e. The molecule has 0 radical (unpaired) electrons. The van der Waals surface area contributed by atoms with Gasteiger partial charge in [-0.3, -0.25) is 4.68 Å². The van der Waals surface area contributed by atoms with Crippen molar-refractivity contribution in [2.24, 2.45) is 0 Å². The highest BCUT2D eigenvalue weighted by atomic mass is 19.4. The van der Waals surface area contributed by atoms with Gasteiger partial charge in [-0.25, -0.2) is 0 Å². The smallest absolute Gasteiger partial charge is 0.398 e. The van der Waals surface area contributed by atoms with E-state index in [2.05, 4.69) is 5.10 Å². The number of nitriles is 1. The Morgan fingerprint density at radius 3 is 2.57 bits per heavy atom. The van der Waals surface area contributed by atoms with Gasteiger partial charge in [0.05, 0.1) is 17.3 Å². The van der Waals surface area contributed by atoms with Crippen LogP contribution < -0.4 is 5.73 Å². The third-order valence-corrected chi connectivity index (χ3v) is 3.55. The summed E-state index contributed by atoms with van der Waals surface area (Å²) in [4.78, 5) is 0. The van der Waals surface area contributed by atoms with E-state index in [-0.39, 0.29) is 23.4 Å². The Balaban J connectivity index is 2.80. The minimum absolute atomic E-state index is 0.0129. The number of nitrogen functional groups attached to an aromatic ring is 1. The zero-order valence-electron chi connectivity index (χ0n) is 12.5. The highest BCUT2D eigenvalue weighted by Gasteiger charge is 2.32. The van der Waals surface area contributed by atoms with Crippen LogP contribution in [0.15, 0.2) is 12.1 Å². The van der Waals surface area contributed by atoms with Gasteiger partial charge in [0.2, 0.25) is 0 Å². The number of nitrogens with two attached hydrogens (primary N) is 1. The molecule has 1 aromatic heterocycles. The average molecular weight is 321 g/mol. The van der Waals surface area contributed by atoms with Crippen molar-refractivity contribution in [2.45, 2.75) is 26.6 Å². The van der Waals surface area contributed by atoms with Gasteiger partial charge in [-0.1, -0.05) is 0 Å². The van der Waals surface area contributed by atoms with Crippen molar-refractivity contribution in [3.05, 3.63) is 34.6 Å². The Kier molecular flexibility index (Phi) is 4.14. The van der Waals surface area contributed by atoms with E-state index >= 15 is 0 Å². The first-order valence-electron chi connectivity index (χ1n) is 6.63. The predicted octanol–water partition coefficient (Wildman–Crippen LogP) is 3.29. The van der Waals surface area contributed by atoms with E-state index in [4.69, 9.17) is 16.4 Å². The average Bonchev–Trinajstić information content (AvgIpc) is 2.72. The summed E-state index contributed by atoms with van der Waals surface area (Å²) in [6, 6.07) is 3.72. The van der Waals surface area contributed by atoms with E-state index in [0.29, 0.717) is 17.0 Å². The number of hydrogen-bond donors (Lipinski definition) is 2. The number of nitrogens with one attached hydrogen (secondary N) is 1. The molecule has 0 bridgehead atoms. The second-order valence-electron chi connectivity index (χ2n) is 5.03. The molecule has 0 saturated carbocycles. The number of benzene rings is 1. The number of hydrogen-bond acceptors (Lipinski definition) is 4. The van der Waals surface area contributed by atoms with Crippen LogP contribution in [0, 0.1) is 30.6 Å². The molecule has 1 aromatic carbocycles.